The molecule has 0 N–H and O–H groups in total. The molecule has 0 fully saturated rings. The van der Waals surface area contributed by atoms with Crippen molar-refractivity contribution in [2.75, 3.05) is 0 Å². The molecule has 6 nitrogen and oxygen atoms in total. The van der Waals surface area contributed by atoms with Crippen LogP contribution in [0.1, 0.15) is 12.4 Å². The SMILES string of the molecule is O=S(=O)(Cl)c1cn(Cc2nccn2C(F)F)cn1. The Morgan fingerprint density at radius 2 is 2.11 bits per heavy atom. The molecule has 2 heterocycles. The van der Waals surface area contributed by atoms with E-state index in [-0.39, 0.29) is 17.4 Å². The summed E-state index contributed by atoms with van der Waals surface area (Å²) in [6, 6.07) is 0. The Bertz CT molecular complexity index is 652. The predicted molar refractivity (Wildman–Crippen MR) is 57.8 cm³/mol. The molecule has 98 valence electrons. The Morgan fingerprint density at radius 3 is 2.67 bits per heavy atom. The van der Waals surface area contributed by atoms with Crippen LogP contribution in [0.5, 0.6) is 0 Å². The smallest absolute Gasteiger partial charge is 0.319 e. The third-order valence-corrected chi connectivity index (χ3v) is 3.33. The first-order valence-corrected chi connectivity index (χ1v) is 6.95. The van der Waals surface area contributed by atoms with E-state index in [2.05, 4.69) is 9.97 Å². The highest BCUT2D eigenvalue weighted by Crippen LogP contribution is 2.15. The summed E-state index contributed by atoms with van der Waals surface area (Å²) in [5.41, 5.74) is 0. The number of halogens is 3. The molecule has 0 aliphatic heterocycles. The molecular weight excluding hydrogens is 290 g/mol. The van der Waals surface area contributed by atoms with E-state index in [0.717, 1.165) is 12.4 Å². The van der Waals surface area contributed by atoms with Gasteiger partial charge in [-0.3, -0.25) is 4.57 Å². The van der Waals surface area contributed by atoms with Gasteiger partial charge in [0.1, 0.15) is 5.82 Å². The maximum atomic E-state index is 12.5. The minimum atomic E-state index is -3.92. The maximum absolute atomic E-state index is 12.5. The molecular formula is C8H7ClF2N4O2S. The zero-order valence-electron chi connectivity index (χ0n) is 8.74. The quantitative estimate of drug-likeness (QED) is 0.801. The summed E-state index contributed by atoms with van der Waals surface area (Å²) in [6.45, 7) is -2.74. The minimum absolute atomic E-state index is 0.0310. The first kappa shape index (κ1) is 13.0. The Morgan fingerprint density at radius 1 is 1.39 bits per heavy atom. The van der Waals surface area contributed by atoms with Crippen molar-refractivity contribution < 1.29 is 17.2 Å². The second kappa shape index (κ2) is 4.65. The summed E-state index contributed by atoms with van der Waals surface area (Å²) in [5.74, 6) is 0.0842. The molecule has 18 heavy (non-hydrogen) atoms. The molecule has 0 saturated carbocycles. The van der Waals surface area contributed by atoms with Gasteiger partial charge in [-0.15, -0.1) is 0 Å². The predicted octanol–water partition coefficient (Wildman–Crippen LogP) is 1.45. The van der Waals surface area contributed by atoms with Gasteiger partial charge in [-0.05, 0) is 0 Å². The van der Waals surface area contributed by atoms with Crippen molar-refractivity contribution in [3.8, 4) is 0 Å². The zero-order valence-corrected chi connectivity index (χ0v) is 10.3. The lowest BCUT2D eigenvalue weighted by Crippen LogP contribution is -2.07. The van der Waals surface area contributed by atoms with E-state index < -0.39 is 15.6 Å². The molecule has 0 amide bonds. The average Bonchev–Trinajstić information content (AvgIpc) is 2.85. The third kappa shape index (κ3) is 2.67. The average molecular weight is 297 g/mol. The first-order chi connectivity index (χ1) is 8.38. The Labute approximate surface area is 105 Å². The number of rotatable bonds is 4. The summed E-state index contributed by atoms with van der Waals surface area (Å²) in [7, 11) is 1.17. The molecule has 0 aliphatic rings. The van der Waals surface area contributed by atoms with Gasteiger partial charge in [0.05, 0.1) is 12.9 Å². The van der Waals surface area contributed by atoms with Crippen LogP contribution < -0.4 is 0 Å². The van der Waals surface area contributed by atoms with Crippen molar-refractivity contribution in [1.29, 1.82) is 0 Å². The van der Waals surface area contributed by atoms with Crippen molar-refractivity contribution in [2.45, 2.75) is 18.1 Å². The summed E-state index contributed by atoms with van der Waals surface area (Å²) in [6.07, 6.45) is 4.69. The summed E-state index contributed by atoms with van der Waals surface area (Å²) in [5, 5.41) is -0.334. The minimum Gasteiger partial charge on any atom is -0.328 e. The molecule has 2 aromatic heterocycles. The van der Waals surface area contributed by atoms with E-state index >= 15 is 0 Å². The number of hydrogen-bond acceptors (Lipinski definition) is 4. The first-order valence-electron chi connectivity index (χ1n) is 4.64. The summed E-state index contributed by atoms with van der Waals surface area (Å²) < 4.78 is 49.0. The van der Waals surface area contributed by atoms with E-state index in [0.29, 0.717) is 4.57 Å². The van der Waals surface area contributed by atoms with Gasteiger partial charge in [-0.2, -0.15) is 8.78 Å². The fourth-order valence-corrected chi connectivity index (χ4v) is 2.03. The fourth-order valence-electron chi connectivity index (χ4n) is 1.36. The van der Waals surface area contributed by atoms with Crippen LogP contribution in [-0.4, -0.2) is 27.5 Å². The molecule has 10 heteroatoms. The van der Waals surface area contributed by atoms with E-state index in [1.807, 2.05) is 0 Å². The molecule has 0 saturated heterocycles. The van der Waals surface area contributed by atoms with Crippen LogP contribution in [0.15, 0.2) is 29.9 Å². The zero-order chi connectivity index (χ0) is 13.3. The van der Waals surface area contributed by atoms with Crippen LogP contribution in [-0.2, 0) is 15.6 Å². The fraction of sp³-hybridized carbons (Fsp3) is 0.250. The number of alkyl halides is 2. The molecule has 2 aromatic rings. The molecule has 0 bridgehead atoms. The molecule has 2 rings (SSSR count). The molecule has 0 atom stereocenters. The van der Waals surface area contributed by atoms with Gasteiger partial charge in [0.15, 0.2) is 5.03 Å². The molecule has 0 aromatic carbocycles. The third-order valence-electron chi connectivity index (χ3n) is 2.14. The molecule has 0 aliphatic carbocycles. The second-order valence-corrected chi connectivity index (χ2v) is 5.86. The van der Waals surface area contributed by atoms with Crippen LogP contribution in [0.2, 0.25) is 0 Å². The van der Waals surface area contributed by atoms with Gasteiger partial charge >= 0.3 is 6.55 Å². The van der Waals surface area contributed by atoms with E-state index in [9.17, 15) is 17.2 Å². The summed E-state index contributed by atoms with van der Waals surface area (Å²) >= 11 is 0. The Balaban J connectivity index is 2.24. The highest BCUT2D eigenvalue weighted by Gasteiger charge is 2.15. The summed E-state index contributed by atoms with van der Waals surface area (Å²) in [4.78, 5) is 7.32. The van der Waals surface area contributed by atoms with Crippen LogP contribution in [0.25, 0.3) is 0 Å². The molecule has 0 spiro atoms. The Kier molecular flexibility index (Phi) is 3.35. The van der Waals surface area contributed by atoms with Gasteiger partial charge in [0.2, 0.25) is 0 Å². The molecule has 0 radical (unpaired) electrons. The normalized spacial score (nSPS) is 12.2. The number of hydrogen-bond donors (Lipinski definition) is 0. The van der Waals surface area contributed by atoms with Gasteiger partial charge in [0, 0.05) is 29.3 Å². The van der Waals surface area contributed by atoms with Crippen molar-refractivity contribution in [2.24, 2.45) is 0 Å². The maximum Gasteiger partial charge on any atom is 0.319 e. The number of nitrogens with zero attached hydrogens (tertiary/aromatic N) is 4. The topological polar surface area (TPSA) is 69.8 Å². The van der Waals surface area contributed by atoms with Crippen molar-refractivity contribution in [3.05, 3.63) is 30.7 Å². The highest BCUT2D eigenvalue weighted by atomic mass is 35.7. The van der Waals surface area contributed by atoms with Crippen LogP contribution >= 0.6 is 10.7 Å². The number of imidazole rings is 2. The van der Waals surface area contributed by atoms with Gasteiger partial charge in [-0.1, -0.05) is 0 Å². The van der Waals surface area contributed by atoms with Crippen LogP contribution in [0.4, 0.5) is 8.78 Å². The van der Waals surface area contributed by atoms with Gasteiger partial charge < -0.3 is 4.57 Å². The van der Waals surface area contributed by atoms with Gasteiger partial charge in [-0.25, -0.2) is 18.4 Å². The van der Waals surface area contributed by atoms with E-state index in [4.69, 9.17) is 10.7 Å². The van der Waals surface area contributed by atoms with Crippen LogP contribution in [0.3, 0.4) is 0 Å². The molecule has 0 unspecified atom stereocenters. The lowest BCUT2D eigenvalue weighted by atomic mass is 10.5. The lowest BCUT2D eigenvalue weighted by Gasteiger charge is -2.06. The lowest BCUT2D eigenvalue weighted by molar-refractivity contribution is 0.0667. The van der Waals surface area contributed by atoms with E-state index in [1.165, 1.54) is 17.1 Å². The second-order valence-electron chi connectivity index (χ2n) is 3.35. The standard InChI is InChI=1S/C8H7ClF2N4O2S/c9-18(16,17)7-4-14(5-13-7)3-6-12-1-2-15(6)8(10)11/h1-2,4-5,8H,3H2. The largest absolute Gasteiger partial charge is 0.328 e. The monoisotopic (exact) mass is 296 g/mol. The Hall–Kier alpha value is -1.48. The van der Waals surface area contributed by atoms with Crippen molar-refractivity contribution in [3.63, 3.8) is 0 Å². The highest BCUT2D eigenvalue weighted by molar-refractivity contribution is 8.13. The van der Waals surface area contributed by atoms with E-state index in [1.54, 1.807) is 0 Å². The van der Waals surface area contributed by atoms with Crippen molar-refractivity contribution >= 4 is 19.7 Å². The van der Waals surface area contributed by atoms with Crippen LogP contribution in [0, 0.1) is 0 Å². The number of aromatic nitrogens is 4. The van der Waals surface area contributed by atoms with Crippen molar-refractivity contribution in [1.82, 2.24) is 19.1 Å². The van der Waals surface area contributed by atoms with Gasteiger partial charge in [0.25, 0.3) is 9.05 Å².